The van der Waals surface area contributed by atoms with Crippen LogP contribution in [0.3, 0.4) is 0 Å². The van der Waals surface area contributed by atoms with Crippen LogP contribution < -0.4 is 15.0 Å². The third-order valence-corrected chi connectivity index (χ3v) is 6.20. The summed E-state index contributed by atoms with van der Waals surface area (Å²) < 4.78 is 18.5. The molecule has 0 bridgehead atoms. The monoisotopic (exact) mass is 478 g/mol. The number of pyridine rings is 1. The third kappa shape index (κ3) is 5.96. The molecule has 2 heterocycles. The fourth-order valence-corrected chi connectivity index (χ4v) is 4.30. The van der Waals surface area contributed by atoms with E-state index in [1.807, 2.05) is 76.4 Å². The molecule has 1 aromatic heterocycles. The predicted molar refractivity (Wildman–Crippen MR) is 136 cm³/mol. The first-order valence-electron chi connectivity index (χ1n) is 12.0. The van der Waals surface area contributed by atoms with Crippen molar-refractivity contribution in [3.05, 3.63) is 70.1 Å². The summed E-state index contributed by atoms with van der Waals surface area (Å²) in [7, 11) is 1.63. The van der Waals surface area contributed by atoms with Crippen LogP contribution in [-0.2, 0) is 11.3 Å². The van der Waals surface area contributed by atoms with Crippen molar-refractivity contribution in [2.75, 3.05) is 26.8 Å². The van der Waals surface area contributed by atoms with Gasteiger partial charge in [-0.15, -0.1) is 0 Å². The zero-order valence-corrected chi connectivity index (χ0v) is 21.2. The molecule has 0 spiro atoms. The number of aromatic nitrogens is 1. The molecule has 7 nitrogen and oxygen atoms in total. The fourth-order valence-electron chi connectivity index (χ4n) is 4.30. The van der Waals surface area contributed by atoms with E-state index in [9.17, 15) is 9.59 Å². The number of methoxy groups -OCH3 is 1. The van der Waals surface area contributed by atoms with E-state index in [0.717, 1.165) is 34.4 Å². The van der Waals surface area contributed by atoms with Gasteiger partial charge in [0.15, 0.2) is 0 Å². The summed E-state index contributed by atoms with van der Waals surface area (Å²) in [5.41, 5.74) is 1.41. The highest BCUT2D eigenvalue weighted by Gasteiger charge is 2.30. The van der Waals surface area contributed by atoms with Gasteiger partial charge in [-0.1, -0.05) is 12.1 Å². The van der Waals surface area contributed by atoms with Crippen molar-refractivity contribution in [2.45, 2.75) is 46.3 Å². The van der Waals surface area contributed by atoms with Crippen LogP contribution >= 0.6 is 0 Å². The number of hydrogen-bond acceptors (Lipinski definition) is 5. The maximum absolute atomic E-state index is 13.1. The first-order valence-corrected chi connectivity index (χ1v) is 12.0. The Kier molecular flexibility index (Phi) is 7.05. The molecule has 35 heavy (non-hydrogen) atoms. The summed E-state index contributed by atoms with van der Waals surface area (Å²) in [6.45, 7) is 9.88. The normalized spacial score (nSPS) is 15.9. The molecule has 1 aliphatic rings. The van der Waals surface area contributed by atoms with Gasteiger partial charge in [0.2, 0.25) is 0 Å². The zero-order chi connectivity index (χ0) is 25.2. The number of benzene rings is 2. The van der Waals surface area contributed by atoms with Crippen LogP contribution in [0.15, 0.2) is 53.5 Å². The number of ether oxygens (including phenoxy) is 3. The van der Waals surface area contributed by atoms with Crippen LogP contribution in [-0.4, -0.2) is 48.0 Å². The Bertz CT molecular complexity index is 1260. The molecular weight excluding hydrogens is 444 g/mol. The van der Waals surface area contributed by atoms with E-state index in [-0.39, 0.29) is 17.6 Å². The average molecular weight is 479 g/mol. The fraction of sp³-hybridized carbons (Fsp3) is 0.429. The molecule has 2 aromatic carbocycles. The van der Waals surface area contributed by atoms with E-state index in [4.69, 9.17) is 14.2 Å². The number of nitrogens with zero attached hydrogens (tertiary/aromatic N) is 2. The maximum Gasteiger partial charge on any atom is 0.410 e. The lowest BCUT2D eigenvalue weighted by molar-refractivity contribution is 0.0284. The minimum Gasteiger partial charge on any atom is -0.497 e. The van der Waals surface area contributed by atoms with Gasteiger partial charge in [-0.25, -0.2) is 4.79 Å². The van der Waals surface area contributed by atoms with E-state index < -0.39 is 5.60 Å². The molecule has 4 rings (SSSR count). The summed E-state index contributed by atoms with van der Waals surface area (Å²) in [6.07, 6.45) is 2.43. The molecular formula is C28H34N2O5. The van der Waals surface area contributed by atoms with Gasteiger partial charge in [0.1, 0.15) is 17.1 Å². The first kappa shape index (κ1) is 24.6. The van der Waals surface area contributed by atoms with Crippen LogP contribution in [0, 0.1) is 12.8 Å². The van der Waals surface area contributed by atoms with E-state index in [0.29, 0.717) is 31.6 Å². The standard InChI is InChI=1S/C28H34N2O5/c1-19-14-24-22(11-13-29(26(24)31)16-20-6-8-23(33-5)9-7-20)15-25(19)34-18-21-10-12-30(17-21)27(32)35-28(2,3)4/h6-9,11,13-15,21H,10,12,16-18H2,1-5H3. The summed E-state index contributed by atoms with van der Waals surface area (Å²) in [5, 5.41) is 1.52. The first-order chi connectivity index (χ1) is 16.6. The summed E-state index contributed by atoms with van der Waals surface area (Å²) in [4.78, 5) is 27.2. The second-order valence-corrected chi connectivity index (χ2v) is 10.2. The number of fused-ring (bicyclic) bond motifs is 1. The van der Waals surface area contributed by atoms with Gasteiger partial charge < -0.3 is 23.7 Å². The van der Waals surface area contributed by atoms with Crippen molar-refractivity contribution in [3.63, 3.8) is 0 Å². The Morgan fingerprint density at radius 2 is 1.86 bits per heavy atom. The van der Waals surface area contributed by atoms with Crippen LogP contribution in [0.25, 0.3) is 10.8 Å². The topological polar surface area (TPSA) is 70.0 Å². The van der Waals surface area contributed by atoms with Gasteiger partial charge in [0, 0.05) is 30.6 Å². The quantitative estimate of drug-likeness (QED) is 0.499. The zero-order valence-electron chi connectivity index (χ0n) is 21.2. The third-order valence-electron chi connectivity index (χ3n) is 6.20. The smallest absolute Gasteiger partial charge is 0.410 e. The average Bonchev–Trinajstić information content (AvgIpc) is 3.29. The van der Waals surface area contributed by atoms with Gasteiger partial charge in [0.05, 0.1) is 20.3 Å². The van der Waals surface area contributed by atoms with Crippen molar-refractivity contribution < 1.29 is 19.0 Å². The lowest BCUT2D eigenvalue weighted by atomic mass is 10.1. The minimum absolute atomic E-state index is 0.0308. The molecule has 7 heteroatoms. The second kappa shape index (κ2) is 10.0. The molecule has 1 saturated heterocycles. The molecule has 3 aromatic rings. The van der Waals surface area contributed by atoms with E-state index in [2.05, 4.69) is 0 Å². The molecule has 1 aliphatic heterocycles. The molecule has 0 aliphatic carbocycles. The minimum atomic E-state index is -0.499. The summed E-state index contributed by atoms with van der Waals surface area (Å²) in [6, 6.07) is 13.5. The number of amides is 1. The van der Waals surface area contributed by atoms with Crippen LogP contribution in [0.1, 0.15) is 38.3 Å². The van der Waals surface area contributed by atoms with Gasteiger partial charge >= 0.3 is 6.09 Å². The molecule has 0 N–H and O–H groups in total. The number of aryl methyl sites for hydroxylation is 1. The second-order valence-electron chi connectivity index (χ2n) is 10.2. The lowest BCUT2D eigenvalue weighted by Crippen LogP contribution is -2.35. The highest BCUT2D eigenvalue weighted by Crippen LogP contribution is 2.26. The Balaban J connectivity index is 1.42. The SMILES string of the molecule is COc1ccc(Cn2ccc3cc(OCC4CCN(C(=O)OC(C)(C)C)C4)c(C)cc3c2=O)cc1. The maximum atomic E-state index is 13.1. The van der Waals surface area contributed by atoms with Crippen LogP contribution in [0.4, 0.5) is 4.79 Å². The molecule has 0 saturated carbocycles. The van der Waals surface area contributed by atoms with Gasteiger partial charge in [-0.2, -0.15) is 0 Å². The molecule has 1 atom stereocenters. The van der Waals surface area contributed by atoms with Crippen molar-refractivity contribution in [3.8, 4) is 11.5 Å². The largest absolute Gasteiger partial charge is 0.497 e. The number of likely N-dealkylation sites (tertiary alicyclic amines) is 1. The van der Waals surface area contributed by atoms with Gasteiger partial charge in [-0.3, -0.25) is 4.79 Å². The van der Waals surface area contributed by atoms with Crippen molar-refractivity contribution in [1.29, 1.82) is 0 Å². The summed E-state index contributed by atoms with van der Waals surface area (Å²) >= 11 is 0. The number of rotatable bonds is 6. The van der Waals surface area contributed by atoms with Crippen molar-refractivity contribution >= 4 is 16.9 Å². The van der Waals surface area contributed by atoms with Crippen molar-refractivity contribution in [1.82, 2.24) is 9.47 Å². The molecule has 186 valence electrons. The molecule has 1 fully saturated rings. The van der Waals surface area contributed by atoms with Gasteiger partial charge in [-0.05, 0) is 81.0 Å². The Hall–Kier alpha value is -3.48. The molecule has 1 amide bonds. The molecule has 0 radical (unpaired) electrons. The lowest BCUT2D eigenvalue weighted by Gasteiger charge is -2.24. The van der Waals surface area contributed by atoms with E-state index in [1.165, 1.54) is 0 Å². The highest BCUT2D eigenvalue weighted by molar-refractivity contribution is 5.84. The van der Waals surface area contributed by atoms with E-state index in [1.54, 1.807) is 16.6 Å². The van der Waals surface area contributed by atoms with Crippen LogP contribution in [0.2, 0.25) is 0 Å². The Morgan fingerprint density at radius 3 is 2.54 bits per heavy atom. The number of hydrogen-bond donors (Lipinski definition) is 0. The van der Waals surface area contributed by atoms with E-state index >= 15 is 0 Å². The number of carbonyl (C=O) groups is 1. The molecule has 1 unspecified atom stereocenters. The highest BCUT2D eigenvalue weighted by atomic mass is 16.6. The Morgan fingerprint density at radius 1 is 1.11 bits per heavy atom. The van der Waals surface area contributed by atoms with Crippen LogP contribution in [0.5, 0.6) is 11.5 Å². The Labute approximate surface area is 206 Å². The predicted octanol–water partition coefficient (Wildman–Crippen LogP) is 5.00. The van der Waals surface area contributed by atoms with Crippen molar-refractivity contribution in [2.24, 2.45) is 5.92 Å². The number of carbonyl (C=O) groups excluding carboxylic acids is 1. The van der Waals surface area contributed by atoms with Gasteiger partial charge in [0.25, 0.3) is 5.56 Å². The summed E-state index contributed by atoms with van der Waals surface area (Å²) in [5.74, 6) is 1.80.